The lowest BCUT2D eigenvalue weighted by Crippen LogP contribution is -2.55. The van der Waals surface area contributed by atoms with Crippen molar-refractivity contribution in [2.45, 2.75) is 6.42 Å². The second kappa shape index (κ2) is 9.24. The molecule has 0 aromatic heterocycles. The summed E-state index contributed by atoms with van der Waals surface area (Å²) in [6.07, 6.45) is 0.591. The van der Waals surface area contributed by atoms with Crippen molar-refractivity contribution in [1.82, 2.24) is 20.7 Å². The van der Waals surface area contributed by atoms with Crippen molar-refractivity contribution in [3.8, 4) is 11.5 Å². The second-order valence-corrected chi connectivity index (χ2v) is 5.93. The number of amides is 2. The highest BCUT2D eigenvalue weighted by molar-refractivity contribution is 6.34. The predicted molar refractivity (Wildman–Crippen MR) is 93.5 cm³/mol. The van der Waals surface area contributed by atoms with Crippen molar-refractivity contribution in [3.63, 3.8) is 0 Å². The first-order valence-corrected chi connectivity index (χ1v) is 8.26. The Kier molecular flexibility index (Phi) is 7.03. The molecule has 1 aromatic carbocycles. The first-order chi connectivity index (χ1) is 12.0. The Labute approximate surface area is 148 Å². The molecule has 8 heteroatoms. The highest BCUT2D eigenvalue weighted by Gasteiger charge is 2.19. The minimum Gasteiger partial charge on any atom is -0.493 e. The quantitative estimate of drug-likeness (QED) is 0.682. The fourth-order valence-corrected chi connectivity index (χ4v) is 2.55. The molecule has 2 amide bonds. The molecular formula is C17H26N4O4. The van der Waals surface area contributed by atoms with E-state index < -0.39 is 11.8 Å². The van der Waals surface area contributed by atoms with Crippen LogP contribution in [0.4, 0.5) is 0 Å². The Morgan fingerprint density at radius 2 is 1.72 bits per heavy atom. The second-order valence-electron chi connectivity index (χ2n) is 5.93. The monoisotopic (exact) mass is 350 g/mol. The lowest BCUT2D eigenvalue weighted by atomic mass is 10.1. The summed E-state index contributed by atoms with van der Waals surface area (Å²) in [5.41, 5.74) is 3.62. The predicted octanol–water partition coefficient (Wildman–Crippen LogP) is -0.359. The summed E-state index contributed by atoms with van der Waals surface area (Å²) >= 11 is 0. The molecule has 0 spiro atoms. The van der Waals surface area contributed by atoms with E-state index in [0.29, 0.717) is 37.6 Å². The molecule has 25 heavy (non-hydrogen) atoms. The summed E-state index contributed by atoms with van der Waals surface area (Å²) in [6.45, 7) is 3.51. The lowest BCUT2D eigenvalue weighted by molar-refractivity contribution is -0.142. The molecule has 0 saturated carbocycles. The van der Waals surface area contributed by atoms with E-state index in [-0.39, 0.29) is 0 Å². The summed E-state index contributed by atoms with van der Waals surface area (Å²) in [7, 11) is 5.18. The van der Waals surface area contributed by atoms with Crippen molar-refractivity contribution in [1.29, 1.82) is 0 Å². The molecule has 1 aromatic rings. The zero-order chi connectivity index (χ0) is 18.2. The average molecular weight is 350 g/mol. The van der Waals surface area contributed by atoms with Crippen LogP contribution in [0, 0.1) is 0 Å². The number of hydrogen-bond donors (Lipinski definition) is 2. The Balaban J connectivity index is 1.75. The third kappa shape index (κ3) is 5.61. The maximum Gasteiger partial charge on any atom is 0.323 e. The van der Waals surface area contributed by atoms with E-state index in [9.17, 15) is 9.59 Å². The first kappa shape index (κ1) is 19.0. The number of carbonyl (C=O) groups is 2. The van der Waals surface area contributed by atoms with Crippen LogP contribution in [0.15, 0.2) is 18.2 Å². The molecule has 1 fully saturated rings. The highest BCUT2D eigenvalue weighted by atomic mass is 16.5. The number of piperazine rings is 1. The van der Waals surface area contributed by atoms with Crippen LogP contribution < -0.4 is 20.2 Å². The molecule has 0 unspecified atom stereocenters. The highest BCUT2D eigenvalue weighted by Crippen LogP contribution is 2.27. The van der Waals surface area contributed by atoms with Crippen LogP contribution in [0.25, 0.3) is 0 Å². The van der Waals surface area contributed by atoms with E-state index in [0.717, 1.165) is 18.7 Å². The van der Waals surface area contributed by atoms with Crippen LogP contribution in [0.3, 0.4) is 0 Å². The number of benzene rings is 1. The maximum absolute atomic E-state index is 11.9. The third-order valence-corrected chi connectivity index (χ3v) is 4.12. The van der Waals surface area contributed by atoms with Crippen molar-refractivity contribution < 1.29 is 19.1 Å². The molecule has 0 atom stereocenters. The summed E-state index contributed by atoms with van der Waals surface area (Å²) < 4.78 is 10.4. The number of hydrogen-bond acceptors (Lipinski definition) is 6. The van der Waals surface area contributed by atoms with Gasteiger partial charge in [-0.25, -0.2) is 5.01 Å². The summed E-state index contributed by atoms with van der Waals surface area (Å²) in [4.78, 5) is 26.0. The smallest absolute Gasteiger partial charge is 0.323 e. The van der Waals surface area contributed by atoms with Gasteiger partial charge in [0.05, 0.1) is 14.2 Å². The first-order valence-electron chi connectivity index (χ1n) is 8.26. The number of ether oxygens (including phenoxy) is 2. The molecule has 0 aliphatic carbocycles. The van der Waals surface area contributed by atoms with E-state index in [1.165, 1.54) is 0 Å². The molecule has 1 aliphatic heterocycles. The van der Waals surface area contributed by atoms with Crippen LogP contribution in [0.5, 0.6) is 11.5 Å². The van der Waals surface area contributed by atoms with Gasteiger partial charge < -0.3 is 19.7 Å². The van der Waals surface area contributed by atoms with E-state index in [2.05, 4.69) is 15.6 Å². The Hall–Kier alpha value is -2.32. The number of nitrogens with zero attached hydrogens (tertiary/aromatic N) is 2. The molecule has 2 N–H and O–H groups in total. The minimum atomic E-state index is -0.628. The van der Waals surface area contributed by atoms with Crippen molar-refractivity contribution in [2.24, 2.45) is 0 Å². The largest absolute Gasteiger partial charge is 0.493 e. The lowest BCUT2D eigenvalue weighted by Gasteiger charge is -2.32. The van der Waals surface area contributed by atoms with Gasteiger partial charge in [-0.05, 0) is 31.2 Å². The Bertz CT molecular complexity index is 600. The van der Waals surface area contributed by atoms with Crippen LogP contribution >= 0.6 is 0 Å². The van der Waals surface area contributed by atoms with Crippen LogP contribution in [0.1, 0.15) is 5.56 Å². The van der Waals surface area contributed by atoms with Crippen LogP contribution in [-0.4, -0.2) is 75.7 Å². The molecule has 1 heterocycles. The normalized spacial score (nSPS) is 15.5. The SMILES string of the molecule is COc1ccc(CCNC(=O)C(=O)NN2CCN(C)CC2)cc1OC. The van der Waals surface area contributed by atoms with Gasteiger partial charge in [-0.2, -0.15) is 0 Å². The van der Waals surface area contributed by atoms with Crippen LogP contribution in [-0.2, 0) is 16.0 Å². The molecule has 1 saturated heterocycles. The Morgan fingerprint density at radius 3 is 2.36 bits per heavy atom. The van der Waals surface area contributed by atoms with Crippen molar-refractivity contribution in [3.05, 3.63) is 23.8 Å². The Morgan fingerprint density at radius 1 is 1.04 bits per heavy atom. The summed E-state index contributed by atoms with van der Waals surface area (Å²) in [5, 5.41) is 4.41. The maximum atomic E-state index is 11.9. The van der Waals surface area contributed by atoms with Gasteiger partial charge in [0, 0.05) is 32.7 Å². The van der Waals surface area contributed by atoms with Gasteiger partial charge in [0.15, 0.2) is 11.5 Å². The van der Waals surface area contributed by atoms with E-state index in [1.54, 1.807) is 19.2 Å². The van der Waals surface area contributed by atoms with Gasteiger partial charge in [-0.15, -0.1) is 0 Å². The number of nitrogens with one attached hydrogen (secondary N) is 2. The molecule has 0 bridgehead atoms. The van der Waals surface area contributed by atoms with Gasteiger partial charge in [0.1, 0.15) is 0 Å². The molecule has 0 radical (unpaired) electrons. The topological polar surface area (TPSA) is 83.1 Å². The minimum absolute atomic E-state index is 0.366. The number of methoxy groups -OCH3 is 2. The number of likely N-dealkylation sites (N-methyl/N-ethyl adjacent to an activating group) is 1. The molecule has 1 aliphatic rings. The van der Waals surface area contributed by atoms with Gasteiger partial charge in [-0.1, -0.05) is 6.07 Å². The number of rotatable bonds is 6. The van der Waals surface area contributed by atoms with Gasteiger partial charge >= 0.3 is 11.8 Å². The van der Waals surface area contributed by atoms with Crippen molar-refractivity contribution in [2.75, 3.05) is 54.0 Å². The molecular weight excluding hydrogens is 324 g/mol. The van der Waals surface area contributed by atoms with Gasteiger partial charge in [0.25, 0.3) is 0 Å². The van der Waals surface area contributed by atoms with Gasteiger partial charge in [-0.3, -0.25) is 15.0 Å². The summed E-state index contributed by atoms with van der Waals surface area (Å²) in [6, 6.07) is 5.57. The standard InChI is InChI=1S/C17H26N4O4/c1-20-8-10-21(11-9-20)19-17(23)16(22)18-7-6-13-4-5-14(24-2)15(12-13)25-3/h4-5,12H,6-11H2,1-3H3,(H,18,22)(H,19,23). The van der Waals surface area contributed by atoms with Crippen LogP contribution in [0.2, 0.25) is 0 Å². The van der Waals surface area contributed by atoms with E-state index >= 15 is 0 Å². The number of carbonyl (C=O) groups excluding carboxylic acids is 2. The fourth-order valence-electron chi connectivity index (χ4n) is 2.55. The third-order valence-electron chi connectivity index (χ3n) is 4.12. The van der Waals surface area contributed by atoms with E-state index in [4.69, 9.17) is 9.47 Å². The fraction of sp³-hybridized carbons (Fsp3) is 0.529. The van der Waals surface area contributed by atoms with E-state index in [1.807, 2.05) is 25.2 Å². The number of hydrazine groups is 1. The van der Waals surface area contributed by atoms with Crippen molar-refractivity contribution >= 4 is 11.8 Å². The zero-order valence-corrected chi connectivity index (χ0v) is 15.0. The van der Waals surface area contributed by atoms with Gasteiger partial charge in [0.2, 0.25) is 0 Å². The summed E-state index contributed by atoms with van der Waals surface area (Å²) in [5.74, 6) is 0.0391. The average Bonchev–Trinajstić information content (AvgIpc) is 2.63. The molecule has 138 valence electrons. The zero-order valence-electron chi connectivity index (χ0n) is 15.0. The molecule has 2 rings (SSSR count). The molecule has 8 nitrogen and oxygen atoms in total.